The first-order valence-electron chi connectivity index (χ1n) is 11.4. The van der Waals surface area contributed by atoms with Crippen LogP contribution in [0.3, 0.4) is 0 Å². The molecule has 2 fully saturated rings. The molecule has 1 saturated carbocycles. The number of aryl methyl sites for hydroxylation is 1. The van der Waals surface area contributed by atoms with E-state index < -0.39 is 16.1 Å². The van der Waals surface area contributed by atoms with Crippen LogP contribution in [-0.4, -0.2) is 47.9 Å². The van der Waals surface area contributed by atoms with Crippen LogP contribution in [0.2, 0.25) is 15.3 Å². The number of piperidine rings is 1. The first kappa shape index (κ1) is 25.6. The first-order valence-corrected chi connectivity index (χ1v) is 14.0. The van der Waals surface area contributed by atoms with E-state index in [0.29, 0.717) is 31.5 Å². The highest BCUT2D eigenvalue weighted by molar-refractivity contribution is 7.89. The standard InChI is InChI=1S/C22H28Cl3N5O3S/c23-17-11-16(12-18(24)20(17)26)34(32,33)28-19(6-9-29-10-7-27-22(29)25)21(31)30-8-5-14-3-1-2-4-15(14)13-30/h7,10-12,14-15,19,28H,1-6,8-9,13,26H2/t14?,15-,19?/m1/s1. The second-order valence-electron chi connectivity index (χ2n) is 9.03. The fourth-order valence-electron chi connectivity index (χ4n) is 4.97. The molecule has 0 radical (unpaired) electrons. The topological polar surface area (TPSA) is 110 Å². The highest BCUT2D eigenvalue weighted by Crippen LogP contribution is 2.36. The van der Waals surface area contributed by atoms with Gasteiger partial charge in [-0.15, -0.1) is 0 Å². The van der Waals surface area contributed by atoms with Gasteiger partial charge in [0, 0.05) is 32.0 Å². The predicted molar refractivity (Wildman–Crippen MR) is 133 cm³/mol. The number of benzene rings is 1. The number of anilines is 1. The Morgan fingerprint density at radius 2 is 1.82 bits per heavy atom. The van der Waals surface area contributed by atoms with Gasteiger partial charge >= 0.3 is 0 Å². The number of nitrogens with one attached hydrogen (secondary N) is 1. The van der Waals surface area contributed by atoms with E-state index >= 15 is 0 Å². The number of hydrogen-bond donors (Lipinski definition) is 2. The summed E-state index contributed by atoms with van der Waals surface area (Å²) >= 11 is 18.2. The number of hydrogen-bond acceptors (Lipinski definition) is 5. The van der Waals surface area contributed by atoms with Crippen molar-refractivity contribution in [2.75, 3.05) is 18.8 Å². The monoisotopic (exact) mass is 547 g/mol. The number of aromatic nitrogens is 2. The Labute approximate surface area is 214 Å². The molecule has 3 atom stereocenters. The van der Waals surface area contributed by atoms with E-state index in [9.17, 15) is 13.2 Å². The van der Waals surface area contributed by atoms with Crippen LogP contribution < -0.4 is 10.5 Å². The van der Waals surface area contributed by atoms with Crippen molar-refractivity contribution in [3.8, 4) is 0 Å². The molecule has 1 aromatic carbocycles. The number of sulfonamides is 1. The van der Waals surface area contributed by atoms with Crippen molar-refractivity contribution < 1.29 is 13.2 Å². The number of likely N-dealkylation sites (tertiary alicyclic amines) is 1. The number of rotatable bonds is 7. The van der Waals surface area contributed by atoms with E-state index in [1.165, 1.54) is 31.4 Å². The summed E-state index contributed by atoms with van der Waals surface area (Å²) in [4.78, 5) is 19.2. The van der Waals surface area contributed by atoms with Gasteiger partial charge in [-0.3, -0.25) is 4.79 Å². The van der Waals surface area contributed by atoms with E-state index in [1.54, 1.807) is 21.9 Å². The maximum Gasteiger partial charge on any atom is 0.241 e. The largest absolute Gasteiger partial charge is 0.396 e. The minimum atomic E-state index is -4.11. The number of halogens is 3. The molecule has 2 aliphatic rings. The second-order valence-corrected chi connectivity index (χ2v) is 11.9. The molecule has 1 aliphatic carbocycles. The molecule has 1 amide bonds. The van der Waals surface area contributed by atoms with E-state index in [4.69, 9.17) is 40.5 Å². The number of fused-ring (bicyclic) bond motifs is 1. The van der Waals surface area contributed by atoms with Crippen molar-refractivity contribution in [2.45, 2.75) is 56.0 Å². The maximum absolute atomic E-state index is 13.6. The molecule has 8 nitrogen and oxygen atoms in total. The third-order valence-corrected chi connectivity index (χ3v) is 9.28. The fourth-order valence-corrected chi connectivity index (χ4v) is 7.06. The quantitative estimate of drug-likeness (QED) is 0.504. The van der Waals surface area contributed by atoms with Gasteiger partial charge in [-0.2, -0.15) is 4.72 Å². The predicted octanol–water partition coefficient (Wildman–Crippen LogP) is 4.20. The zero-order valence-electron chi connectivity index (χ0n) is 18.6. The van der Waals surface area contributed by atoms with Crippen molar-refractivity contribution in [3.05, 3.63) is 39.9 Å². The summed E-state index contributed by atoms with van der Waals surface area (Å²) in [5.74, 6) is 0.884. The fraction of sp³-hybridized carbons (Fsp3) is 0.545. The van der Waals surface area contributed by atoms with Crippen LogP contribution in [0.15, 0.2) is 29.4 Å². The lowest BCUT2D eigenvalue weighted by atomic mass is 9.75. The molecule has 2 aromatic rings. The first-order chi connectivity index (χ1) is 16.2. The minimum Gasteiger partial charge on any atom is -0.396 e. The van der Waals surface area contributed by atoms with E-state index in [2.05, 4.69) is 9.71 Å². The number of nitrogen functional groups attached to an aromatic ring is 1. The summed E-state index contributed by atoms with van der Waals surface area (Å²) in [6.45, 7) is 1.61. The molecule has 12 heteroatoms. The van der Waals surface area contributed by atoms with Gasteiger partial charge in [-0.05, 0) is 54.8 Å². The average molecular weight is 549 g/mol. The molecule has 0 bridgehead atoms. The zero-order valence-corrected chi connectivity index (χ0v) is 21.7. The lowest BCUT2D eigenvalue weighted by Crippen LogP contribution is -2.53. The molecule has 1 aromatic heterocycles. The van der Waals surface area contributed by atoms with Gasteiger partial charge in [-0.1, -0.05) is 42.5 Å². The van der Waals surface area contributed by atoms with Crippen molar-refractivity contribution in [3.63, 3.8) is 0 Å². The van der Waals surface area contributed by atoms with E-state index in [0.717, 1.165) is 12.8 Å². The van der Waals surface area contributed by atoms with Gasteiger partial charge in [-0.25, -0.2) is 13.4 Å². The molecule has 3 N–H and O–H groups in total. The summed E-state index contributed by atoms with van der Waals surface area (Å²) in [5, 5.41) is 0.329. The van der Waals surface area contributed by atoms with Gasteiger partial charge in [0.2, 0.25) is 21.2 Å². The zero-order chi connectivity index (χ0) is 24.5. The van der Waals surface area contributed by atoms with Crippen molar-refractivity contribution in [2.24, 2.45) is 11.8 Å². The number of nitrogens with zero attached hydrogens (tertiary/aromatic N) is 3. The third-order valence-electron chi connectivity index (χ3n) is 6.88. The Balaban J connectivity index is 1.56. The Morgan fingerprint density at radius 1 is 1.15 bits per heavy atom. The lowest BCUT2D eigenvalue weighted by Gasteiger charge is -2.42. The molecular weight excluding hydrogens is 521 g/mol. The van der Waals surface area contributed by atoms with Crippen LogP contribution in [0.5, 0.6) is 0 Å². The SMILES string of the molecule is Nc1c(Cl)cc(S(=O)(=O)NC(CCn2ccnc2Cl)C(=O)N2CCC3CCCC[C@@H]3C2)cc1Cl. The molecule has 34 heavy (non-hydrogen) atoms. The maximum atomic E-state index is 13.6. The Hall–Kier alpha value is -1.52. The van der Waals surface area contributed by atoms with Gasteiger partial charge in [0.15, 0.2) is 0 Å². The summed E-state index contributed by atoms with van der Waals surface area (Å²) in [6, 6.07) is 1.47. The molecule has 186 valence electrons. The molecule has 0 spiro atoms. The minimum absolute atomic E-state index is 0.0281. The van der Waals surface area contributed by atoms with E-state index in [-0.39, 0.29) is 38.2 Å². The number of carbonyl (C=O) groups excluding carboxylic acids is 1. The van der Waals surface area contributed by atoms with Crippen LogP contribution in [0.1, 0.15) is 38.5 Å². The highest BCUT2D eigenvalue weighted by Gasteiger charge is 2.36. The summed E-state index contributed by atoms with van der Waals surface area (Å²) < 4.78 is 30.7. The van der Waals surface area contributed by atoms with Crippen LogP contribution in [0.25, 0.3) is 0 Å². The van der Waals surface area contributed by atoms with Crippen molar-refractivity contribution in [1.29, 1.82) is 0 Å². The Kier molecular flexibility index (Phi) is 7.99. The number of amides is 1. The molecular formula is C22H28Cl3N5O3S. The van der Waals surface area contributed by atoms with Gasteiger partial charge < -0.3 is 15.2 Å². The normalized spacial score (nSPS) is 21.8. The lowest BCUT2D eigenvalue weighted by molar-refractivity contribution is -0.136. The summed E-state index contributed by atoms with van der Waals surface area (Å²) in [5.41, 5.74) is 5.85. The van der Waals surface area contributed by atoms with Crippen molar-refractivity contribution >= 4 is 56.4 Å². The van der Waals surface area contributed by atoms with Gasteiger partial charge in [0.05, 0.1) is 20.6 Å². The molecule has 1 saturated heterocycles. The average Bonchev–Trinajstić information content (AvgIpc) is 3.23. The number of nitrogens with two attached hydrogens (primary N) is 1. The second kappa shape index (κ2) is 10.6. The third kappa shape index (κ3) is 5.65. The van der Waals surface area contributed by atoms with Gasteiger partial charge in [0.1, 0.15) is 6.04 Å². The van der Waals surface area contributed by atoms with E-state index in [1.807, 2.05) is 0 Å². The number of carbonyl (C=O) groups is 1. The summed E-state index contributed by atoms with van der Waals surface area (Å²) in [6.07, 6.45) is 9.13. The van der Waals surface area contributed by atoms with Crippen LogP contribution in [0.4, 0.5) is 5.69 Å². The van der Waals surface area contributed by atoms with Crippen LogP contribution in [-0.2, 0) is 21.4 Å². The summed E-state index contributed by atoms with van der Waals surface area (Å²) in [7, 11) is -4.11. The molecule has 4 rings (SSSR count). The highest BCUT2D eigenvalue weighted by atomic mass is 35.5. The van der Waals surface area contributed by atoms with Crippen molar-refractivity contribution in [1.82, 2.24) is 19.2 Å². The van der Waals surface area contributed by atoms with Gasteiger partial charge in [0.25, 0.3) is 0 Å². The smallest absolute Gasteiger partial charge is 0.241 e. The molecule has 1 aliphatic heterocycles. The Morgan fingerprint density at radius 3 is 2.47 bits per heavy atom. The Bertz CT molecular complexity index is 1130. The molecule has 2 heterocycles. The number of imidazole rings is 1. The van der Waals surface area contributed by atoms with Crippen LogP contribution >= 0.6 is 34.8 Å². The molecule has 2 unspecified atom stereocenters. The van der Waals surface area contributed by atoms with Crippen LogP contribution in [0, 0.1) is 11.8 Å².